The molecule has 6 nitrogen and oxygen atoms in total. The summed E-state index contributed by atoms with van der Waals surface area (Å²) in [6, 6.07) is 3.64. The van der Waals surface area contributed by atoms with Crippen molar-refractivity contribution in [3.05, 3.63) is 18.3 Å². The largest absolute Gasteiger partial charge is 0.492 e. The van der Waals surface area contributed by atoms with Gasteiger partial charge in [0.25, 0.3) is 0 Å². The number of amides is 1. The van der Waals surface area contributed by atoms with Gasteiger partial charge in [-0.3, -0.25) is 10.00 Å². The number of nitrogens with one attached hydrogen (secondary N) is 1. The summed E-state index contributed by atoms with van der Waals surface area (Å²) < 4.78 is 12.3. The molecule has 20 heavy (non-hydrogen) atoms. The molecule has 0 fully saturated rings. The van der Waals surface area contributed by atoms with Gasteiger partial charge in [-0.1, -0.05) is 0 Å². The number of benzene rings is 1. The first-order valence-electron chi connectivity index (χ1n) is 6.30. The summed E-state index contributed by atoms with van der Waals surface area (Å²) in [6.45, 7) is 5.43. The summed E-state index contributed by atoms with van der Waals surface area (Å²) in [5.74, 6) is 0.522. The Morgan fingerprint density at radius 2 is 2.05 bits per heavy atom. The molecule has 0 unspecified atom stereocenters. The van der Waals surface area contributed by atoms with Crippen molar-refractivity contribution in [2.24, 2.45) is 7.05 Å². The summed E-state index contributed by atoms with van der Waals surface area (Å²) in [7, 11) is 3.38. The Labute approximate surface area is 117 Å². The first-order valence-corrected chi connectivity index (χ1v) is 6.30. The number of aromatic nitrogens is 2. The standard InChI is InChI=1S/C14H19N3O3/c1-14(2,3)20-13(18)15-10-7-6-9-8-17(4)16-11(9)12(10)19-5/h6-8H,1-5H3,(H,15,18). The van der Waals surface area contributed by atoms with E-state index in [-0.39, 0.29) is 0 Å². The minimum atomic E-state index is -0.549. The predicted molar refractivity (Wildman–Crippen MR) is 77.1 cm³/mol. The molecule has 0 atom stereocenters. The Bertz CT molecular complexity index is 641. The summed E-state index contributed by atoms with van der Waals surface area (Å²) in [4.78, 5) is 11.8. The first-order chi connectivity index (χ1) is 9.30. The van der Waals surface area contributed by atoms with E-state index in [0.717, 1.165) is 5.39 Å². The van der Waals surface area contributed by atoms with Crippen LogP contribution in [0.2, 0.25) is 0 Å². The van der Waals surface area contributed by atoms with E-state index in [1.165, 1.54) is 0 Å². The van der Waals surface area contributed by atoms with E-state index in [0.29, 0.717) is 17.0 Å². The number of anilines is 1. The Hall–Kier alpha value is -2.24. The fourth-order valence-electron chi connectivity index (χ4n) is 1.90. The molecule has 6 heteroatoms. The third-order valence-corrected chi connectivity index (χ3v) is 2.59. The number of ether oxygens (including phenoxy) is 2. The molecule has 0 saturated carbocycles. The fraction of sp³-hybridized carbons (Fsp3) is 0.429. The third-order valence-electron chi connectivity index (χ3n) is 2.59. The van der Waals surface area contributed by atoms with E-state index >= 15 is 0 Å². The molecule has 0 aliphatic carbocycles. The van der Waals surface area contributed by atoms with Gasteiger partial charge in [0.1, 0.15) is 11.1 Å². The van der Waals surface area contributed by atoms with Crippen molar-refractivity contribution in [1.82, 2.24) is 9.78 Å². The Morgan fingerprint density at radius 1 is 1.35 bits per heavy atom. The molecule has 0 saturated heterocycles. The summed E-state index contributed by atoms with van der Waals surface area (Å²) in [5, 5.41) is 7.95. The van der Waals surface area contributed by atoms with Gasteiger partial charge in [-0.15, -0.1) is 0 Å². The van der Waals surface area contributed by atoms with E-state index < -0.39 is 11.7 Å². The van der Waals surface area contributed by atoms with E-state index in [1.807, 2.05) is 40.1 Å². The minimum Gasteiger partial charge on any atom is -0.492 e. The van der Waals surface area contributed by atoms with Crippen molar-refractivity contribution in [1.29, 1.82) is 0 Å². The van der Waals surface area contributed by atoms with Gasteiger partial charge in [-0.05, 0) is 32.9 Å². The molecular formula is C14H19N3O3. The highest BCUT2D eigenvalue weighted by Gasteiger charge is 2.19. The van der Waals surface area contributed by atoms with Crippen LogP contribution in [0.5, 0.6) is 5.75 Å². The van der Waals surface area contributed by atoms with Crippen LogP contribution >= 0.6 is 0 Å². The lowest BCUT2D eigenvalue weighted by molar-refractivity contribution is 0.0635. The van der Waals surface area contributed by atoms with E-state index in [4.69, 9.17) is 9.47 Å². The second-order valence-electron chi connectivity index (χ2n) is 5.51. The highest BCUT2D eigenvalue weighted by molar-refractivity contribution is 5.95. The molecule has 2 aromatic rings. The zero-order valence-electron chi connectivity index (χ0n) is 12.4. The number of nitrogens with zero attached hydrogens (tertiary/aromatic N) is 2. The Morgan fingerprint density at radius 3 is 2.65 bits per heavy atom. The number of aryl methyl sites for hydroxylation is 1. The van der Waals surface area contributed by atoms with Crippen LogP contribution < -0.4 is 10.1 Å². The van der Waals surface area contributed by atoms with Crippen LogP contribution in [0, 0.1) is 0 Å². The number of hydrogen-bond acceptors (Lipinski definition) is 4. The molecule has 0 aliphatic rings. The van der Waals surface area contributed by atoms with Crippen molar-refractivity contribution >= 4 is 22.7 Å². The lowest BCUT2D eigenvalue weighted by atomic mass is 10.2. The Balaban J connectivity index is 2.32. The van der Waals surface area contributed by atoms with Crippen LogP contribution in [0.15, 0.2) is 18.3 Å². The number of carbonyl (C=O) groups is 1. The van der Waals surface area contributed by atoms with Gasteiger partial charge in [0.05, 0.1) is 12.8 Å². The quantitative estimate of drug-likeness (QED) is 0.916. The van der Waals surface area contributed by atoms with Crippen molar-refractivity contribution in [3.63, 3.8) is 0 Å². The lowest BCUT2D eigenvalue weighted by Crippen LogP contribution is -2.27. The number of hydrogen-bond donors (Lipinski definition) is 1. The molecule has 0 bridgehead atoms. The highest BCUT2D eigenvalue weighted by Crippen LogP contribution is 2.32. The molecule has 0 spiro atoms. The topological polar surface area (TPSA) is 65.4 Å². The van der Waals surface area contributed by atoms with Crippen LogP contribution in [-0.4, -0.2) is 28.6 Å². The van der Waals surface area contributed by atoms with Gasteiger partial charge in [0.15, 0.2) is 5.75 Å². The second kappa shape index (κ2) is 5.03. The van der Waals surface area contributed by atoms with E-state index in [9.17, 15) is 4.79 Å². The molecule has 108 valence electrons. The first kappa shape index (κ1) is 14.2. The molecule has 1 aromatic heterocycles. The number of fused-ring (bicyclic) bond motifs is 1. The van der Waals surface area contributed by atoms with Gasteiger partial charge in [-0.2, -0.15) is 5.10 Å². The minimum absolute atomic E-state index is 0.522. The smallest absolute Gasteiger partial charge is 0.412 e. The van der Waals surface area contributed by atoms with Gasteiger partial charge < -0.3 is 9.47 Å². The zero-order chi connectivity index (χ0) is 14.9. The third kappa shape index (κ3) is 3.01. The van der Waals surface area contributed by atoms with Crippen molar-refractivity contribution in [2.45, 2.75) is 26.4 Å². The van der Waals surface area contributed by atoms with Crippen LogP contribution in [0.3, 0.4) is 0 Å². The van der Waals surface area contributed by atoms with Crippen LogP contribution in [-0.2, 0) is 11.8 Å². The van der Waals surface area contributed by atoms with Gasteiger partial charge in [-0.25, -0.2) is 4.79 Å². The molecule has 1 N–H and O–H groups in total. The van der Waals surface area contributed by atoms with E-state index in [2.05, 4.69) is 10.4 Å². The summed E-state index contributed by atoms with van der Waals surface area (Å²) in [5.41, 5.74) is 0.684. The number of carbonyl (C=O) groups excluding carboxylic acids is 1. The summed E-state index contributed by atoms with van der Waals surface area (Å²) >= 11 is 0. The SMILES string of the molecule is COc1c(NC(=O)OC(C)(C)C)ccc2cn(C)nc12. The maximum atomic E-state index is 11.8. The molecule has 0 aliphatic heterocycles. The molecule has 1 heterocycles. The number of methoxy groups -OCH3 is 1. The highest BCUT2D eigenvalue weighted by atomic mass is 16.6. The zero-order valence-corrected chi connectivity index (χ0v) is 12.4. The van der Waals surface area contributed by atoms with Crippen LogP contribution in [0.1, 0.15) is 20.8 Å². The maximum absolute atomic E-state index is 11.8. The average Bonchev–Trinajstić information content (AvgIpc) is 2.66. The average molecular weight is 277 g/mol. The maximum Gasteiger partial charge on any atom is 0.412 e. The Kier molecular flexibility index (Phi) is 3.57. The normalized spacial score (nSPS) is 11.4. The van der Waals surface area contributed by atoms with Crippen molar-refractivity contribution in [3.8, 4) is 5.75 Å². The fourth-order valence-corrected chi connectivity index (χ4v) is 1.90. The van der Waals surface area contributed by atoms with Gasteiger partial charge in [0, 0.05) is 18.6 Å². The van der Waals surface area contributed by atoms with Gasteiger partial charge in [0.2, 0.25) is 0 Å². The molecule has 1 amide bonds. The molecule has 1 aromatic carbocycles. The van der Waals surface area contributed by atoms with Crippen LogP contribution in [0.25, 0.3) is 10.9 Å². The molecule has 0 radical (unpaired) electrons. The van der Waals surface area contributed by atoms with Crippen molar-refractivity contribution < 1.29 is 14.3 Å². The predicted octanol–water partition coefficient (Wildman–Crippen LogP) is 2.93. The lowest BCUT2D eigenvalue weighted by Gasteiger charge is -2.20. The van der Waals surface area contributed by atoms with Crippen molar-refractivity contribution in [2.75, 3.05) is 12.4 Å². The summed E-state index contributed by atoms with van der Waals surface area (Å²) in [6.07, 6.45) is 1.36. The number of rotatable bonds is 2. The molecular weight excluding hydrogens is 258 g/mol. The van der Waals surface area contributed by atoms with Crippen LogP contribution in [0.4, 0.5) is 10.5 Å². The second-order valence-corrected chi connectivity index (χ2v) is 5.51. The van der Waals surface area contributed by atoms with E-state index in [1.54, 1.807) is 17.9 Å². The monoisotopic (exact) mass is 277 g/mol. The van der Waals surface area contributed by atoms with Gasteiger partial charge >= 0.3 is 6.09 Å². The molecule has 2 rings (SSSR count).